The zero-order valence-corrected chi connectivity index (χ0v) is 14.7. The molecule has 5 nitrogen and oxygen atoms in total. The topological polar surface area (TPSA) is 64.0 Å². The van der Waals surface area contributed by atoms with Crippen LogP contribution in [0.25, 0.3) is 11.1 Å². The van der Waals surface area contributed by atoms with Gasteiger partial charge in [-0.1, -0.05) is 24.3 Å². The normalized spacial score (nSPS) is 11.5. The molecule has 0 fully saturated rings. The van der Waals surface area contributed by atoms with E-state index in [0.29, 0.717) is 11.3 Å². The molecule has 0 saturated carbocycles. The number of rotatable bonds is 5. The van der Waals surface area contributed by atoms with E-state index in [2.05, 4.69) is 10.4 Å². The largest absolute Gasteiger partial charge is 0.380 e. The van der Waals surface area contributed by atoms with Gasteiger partial charge in [0.1, 0.15) is 5.82 Å². The number of anilines is 1. The van der Waals surface area contributed by atoms with E-state index in [1.165, 1.54) is 12.1 Å². The fourth-order valence-corrected chi connectivity index (χ4v) is 3.43. The molecule has 0 unspecified atom stereocenters. The number of halogens is 1. The van der Waals surface area contributed by atoms with Gasteiger partial charge in [-0.05, 0) is 23.8 Å². The van der Waals surface area contributed by atoms with Crippen LogP contribution < -0.4 is 5.32 Å². The summed E-state index contributed by atoms with van der Waals surface area (Å²) in [5.41, 5.74) is 2.49. The molecule has 130 valence electrons. The highest BCUT2D eigenvalue weighted by molar-refractivity contribution is 7.90. The highest BCUT2D eigenvalue weighted by Gasteiger charge is 2.13. The van der Waals surface area contributed by atoms with E-state index in [1.54, 1.807) is 42.2 Å². The van der Waals surface area contributed by atoms with Crippen LogP contribution in [0, 0.1) is 5.82 Å². The van der Waals surface area contributed by atoms with E-state index in [4.69, 9.17) is 0 Å². The Balaban J connectivity index is 1.81. The zero-order chi connectivity index (χ0) is 18.0. The van der Waals surface area contributed by atoms with E-state index in [9.17, 15) is 12.8 Å². The average molecular weight is 359 g/mol. The number of nitrogens with zero attached hydrogens (tertiary/aromatic N) is 2. The molecular formula is C18H18FN3O2S. The van der Waals surface area contributed by atoms with Crippen molar-refractivity contribution in [3.8, 4) is 11.1 Å². The molecule has 7 heteroatoms. The van der Waals surface area contributed by atoms with Gasteiger partial charge in [0.25, 0.3) is 0 Å². The first-order valence-electron chi connectivity index (χ1n) is 7.65. The highest BCUT2D eigenvalue weighted by Crippen LogP contribution is 2.24. The highest BCUT2D eigenvalue weighted by atomic mass is 32.2. The quantitative estimate of drug-likeness (QED) is 0.760. The van der Waals surface area contributed by atoms with Crippen molar-refractivity contribution in [1.82, 2.24) is 9.78 Å². The lowest BCUT2D eigenvalue weighted by Crippen LogP contribution is -2.07. The van der Waals surface area contributed by atoms with Gasteiger partial charge in [-0.15, -0.1) is 0 Å². The number of aromatic nitrogens is 2. The summed E-state index contributed by atoms with van der Waals surface area (Å²) in [7, 11) is -1.55. The molecule has 0 aliphatic heterocycles. The number of para-hydroxylation sites is 1. The standard InChI is InChI=1S/C18H18FN3O2S/c1-22-12-15(11-21-22)13-7-8-14(16(19)9-13)10-20-17-5-3-4-6-18(17)25(2,23)24/h3-9,11-12,20H,10H2,1-2H3. The molecule has 0 atom stereocenters. The third-order valence-electron chi connectivity index (χ3n) is 3.85. The van der Waals surface area contributed by atoms with E-state index >= 15 is 0 Å². The predicted octanol–water partition coefficient (Wildman–Crippen LogP) is 3.24. The monoisotopic (exact) mass is 359 g/mol. The minimum absolute atomic E-state index is 0.186. The number of hydrogen-bond donors (Lipinski definition) is 1. The van der Waals surface area contributed by atoms with E-state index in [1.807, 2.05) is 12.3 Å². The van der Waals surface area contributed by atoms with E-state index in [0.717, 1.165) is 17.4 Å². The number of hydrogen-bond acceptors (Lipinski definition) is 4. The second-order valence-electron chi connectivity index (χ2n) is 5.83. The molecule has 2 aromatic carbocycles. The van der Waals surface area contributed by atoms with Gasteiger partial charge in [0.15, 0.2) is 9.84 Å². The van der Waals surface area contributed by atoms with Crippen molar-refractivity contribution in [2.45, 2.75) is 11.4 Å². The van der Waals surface area contributed by atoms with Gasteiger partial charge in [-0.3, -0.25) is 4.68 Å². The Hall–Kier alpha value is -2.67. The van der Waals surface area contributed by atoms with Crippen LogP contribution in [-0.4, -0.2) is 24.5 Å². The third kappa shape index (κ3) is 3.88. The predicted molar refractivity (Wildman–Crippen MR) is 95.5 cm³/mol. The first-order chi connectivity index (χ1) is 11.8. The van der Waals surface area contributed by atoms with Gasteiger partial charge in [0.2, 0.25) is 0 Å². The fraction of sp³-hybridized carbons (Fsp3) is 0.167. The lowest BCUT2D eigenvalue weighted by molar-refractivity contribution is 0.602. The van der Waals surface area contributed by atoms with Crippen molar-refractivity contribution < 1.29 is 12.8 Å². The number of nitrogens with one attached hydrogen (secondary N) is 1. The number of aryl methyl sites for hydroxylation is 1. The zero-order valence-electron chi connectivity index (χ0n) is 13.9. The third-order valence-corrected chi connectivity index (χ3v) is 5.00. The van der Waals surface area contributed by atoms with Gasteiger partial charge < -0.3 is 5.32 Å². The molecule has 1 N–H and O–H groups in total. The first-order valence-corrected chi connectivity index (χ1v) is 9.54. The van der Waals surface area contributed by atoms with Crippen LogP contribution in [-0.2, 0) is 23.4 Å². The summed E-state index contributed by atoms with van der Waals surface area (Å²) >= 11 is 0. The molecule has 3 rings (SSSR count). The summed E-state index contributed by atoms with van der Waals surface area (Å²) in [6, 6.07) is 11.5. The molecule has 1 heterocycles. The summed E-state index contributed by atoms with van der Waals surface area (Å²) in [6.45, 7) is 0.186. The lowest BCUT2D eigenvalue weighted by Gasteiger charge is -2.12. The fourth-order valence-electron chi connectivity index (χ4n) is 2.57. The first kappa shape index (κ1) is 17.2. The summed E-state index contributed by atoms with van der Waals surface area (Å²) < 4.78 is 39.7. The molecule has 1 aromatic heterocycles. The van der Waals surface area contributed by atoms with Crippen LogP contribution in [0.1, 0.15) is 5.56 Å². The van der Waals surface area contributed by atoms with Gasteiger partial charge in [-0.25, -0.2) is 12.8 Å². The number of benzene rings is 2. The minimum atomic E-state index is -3.35. The maximum absolute atomic E-state index is 14.4. The van der Waals surface area contributed by atoms with Crippen molar-refractivity contribution in [3.63, 3.8) is 0 Å². The van der Waals surface area contributed by atoms with Crippen molar-refractivity contribution in [2.75, 3.05) is 11.6 Å². The molecule has 0 spiro atoms. The smallest absolute Gasteiger partial charge is 0.177 e. The Kier molecular flexibility index (Phi) is 4.59. The summed E-state index contributed by atoms with van der Waals surface area (Å²) in [4.78, 5) is 0.197. The van der Waals surface area contributed by atoms with Crippen LogP contribution >= 0.6 is 0 Å². The average Bonchev–Trinajstić information content (AvgIpc) is 2.99. The van der Waals surface area contributed by atoms with Crippen LogP contribution in [0.5, 0.6) is 0 Å². The maximum Gasteiger partial charge on any atom is 0.177 e. The van der Waals surface area contributed by atoms with Crippen molar-refractivity contribution >= 4 is 15.5 Å². The summed E-state index contributed by atoms with van der Waals surface area (Å²) in [5.74, 6) is -0.356. The molecule has 0 aliphatic rings. The van der Waals surface area contributed by atoms with Gasteiger partial charge in [-0.2, -0.15) is 5.10 Å². The molecular weight excluding hydrogens is 341 g/mol. The minimum Gasteiger partial charge on any atom is -0.380 e. The molecule has 0 aliphatic carbocycles. The Morgan fingerprint density at radius 3 is 2.56 bits per heavy atom. The Labute approximate surface area is 146 Å². The number of sulfone groups is 1. The Morgan fingerprint density at radius 2 is 1.92 bits per heavy atom. The molecule has 0 amide bonds. The molecule has 3 aromatic rings. The second kappa shape index (κ2) is 6.68. The van der Waals surface area contributed by atoms with Crippen molar-refractivity contribution in [3.05, 3.63) is 66.2 Å². The SMILES string of the molecule is Cn1cc(-c2ccc(CNc3ccccc3S(C)(=O)=O)c(F)c2)cn1. The maximum atomic E-state index is 14.4. The van der Waals surface area contributed by atoms with Crippen LogP contribution in [0.15, 0.2) is 59.8 Å². The van der Waals surface area contributed by atoms with E-state index in [-0.39, 0.29) is 17.3 Å². The van der Waals surface area contributed by atoms with Crippen molar-refractivity contribution in [2.24, 2.45) is 7.05 Å². The van der Waals surface area contributed by atoms with Crippen LogP contribution in [0.4, 0.5) is 10.1 Å². The van der Waals surface area contributed by atoms with Gasteiger partial charge >= 0.3 is 0 Å². The molecule has 0 saturated heterocycles. The van der Waals surface area contributed by atoms with Crippen molar-refractivity contribution in [1.29, 1.82) is 0 Å². The van der Waals surface area contributed by atoms with Crippen LogP contribution in [0.2, 0.25) is 0 Å². The summed E-state index contributed by atoms with van der Waals surface area (Å²) in [6.07, 6.45) is 4.64. The molecule has 0 radical (unpaired) electrons. The van der Waals surface area contributed by atoms with E-state index < -0.39 is 9.84 Å². The molecule has 0 bridgehead atoms. The summed E-state index contributed by atoms with van der Waals surface area (Å²) in [5, 5.41) is 7.08. The Bertz CT molecular complexity index is 1010. The van der Waals surface area contributed by atoms with Gasteiger partial charge in [0, 0.05) is 37.2 Å². The van der Waals surface area contributed by atoms with Gasteiger partial charge in [0.05, 0.1) is 16.8 Å². The lowest BCUT2D eigenvalue weighted by atomic mass is 10.1. The molecule has 25 heavy (non-hydrogen) atoms. The second-order valence-corrected chi connectivity index (χ2v) is 7.81. The Morgan fingerprint density at radius 1 is 1.16 bits per heavy atom. The van der Waals surface area contributed by atoms with Crippen LogP contribution in [0.3, 0.4) is 0 Å².